The number of rotatable bonds is 9. The number of nitrogens with zero attached hydrogens (tertiary/aromatic N) is 2. The van der Waals surface area contributed by atoms with Crippen molar-refractivity contribution in [1.29, 1.82) is 5.41 Å². The Morgan fingerprint density at radius 2 is 1.09 bits per heavy atom. The van der Waals surface area contributed by atoms with Crippen molar-refractivity contribution in [2.45, 2.75) is 81.7 Å². The van der Waals surface area contributed by atoms with E-state index < -0.39 is 69.2 Å². The smallest absolute Gasteiger partial charge is 0.326 e. The summed E-state index contributed by atoms with van der Waals surface area (Å²) in [5.74, 6) is 0. The largest absolute Gasteiger partial charge is 0.469 e. The summed E-state index contributed by atoms with van der Waals surface area (Å²) in [6, 6.07) is 4.95. The lowest BCUT2D eigenvalue weighted by Gasteiger charge is -2.28. The molecule has 2 aliphatic heterocycles. The number of hydrogen-bond donors (Lipinski definition) is 1. The molecule has 1 aromatic carbocycles. The average molecular weight is 814 g/mol. The van der Waals surface area contributed by atoms with Gasteiger partial charge in [-0.1, -0.05) is 44.5 Å². The highest BCUT2D eigenvalue weighted by Crippen LogP contribution is 2.52. The van der Waals surface area contributed by atoms with E-state index in [-0.39, 0.29) is 17.2 Å². The van der Waals surface area contributed by atoms with Crippen LogP contribution in [0.15, 0.2) is 45.7 Å². The molecule has 1 aromatic rings. The standard InChI is InChI=1S/C17H7F10NO4S2.C9H20N.C8H18N/c18-14(19,20)16(24,25)33(29,30)11-6-9-8-4-2-1-3-7(8)5-10(9)12(28)13(11)34(31,32)17(26,27)15(21,22)23;1-3-4-7-10(2)8-5-6-9-10;1-3-6-9(2)7-4-5-8-9/h1-6,28H;3-9H2,1-2H3;3-8H2,1-2H3/q;2*+1. The van der Waals surface area contributed by atoms with Gasteiger partial charge in [0, 0.05) is 31.3 Å². The van der Waals surface area contributed by atoms with E-state index >= 15 is 0 Å². The molecule has 2 heterocycles. The Kier molecular flexibility index (Phi) is 13.3. The van der Waals surface area contributed by atoms with Crippen molar-refractivity contribution in [2.24, 2.45) is 0 Å². The van der Waals surface area contributed by atoms with Gasteiger partial charge in [-0.15, -0.1) is 0 Å². The monoisotopic (exact) mass is 813 g/mol. The van der Waals surface area contributed by atoms with Crippen molar-refractivity contribution in [3.63, 3.8) is 0 Å². The molecule has 0 unspecified atom stereocenters. The molecule has 0 radical (unpaired) electrons. The van der Waals surface area contributed by atoms with E-state index in [0.717, 1.165) is 12.1 Å². The zero-order chi connectivity index (χ0) is 40.5. The van der Waals surface area contributed by atoms with Crippen LogP contribution in [0.5, 0.6) is 0 Å². The summed E-state index contributed by atoms with van der Waals surface area (Å²) in [7, 11) is -9.94. The number of unbranched alkanes of at least 4 members (excludes halogenated alkanes) is 1. The van der Waals surface area contributed by atoms with Gasteiger partial charge in [0.1, 0.15) is 4.91 Å². The second kappa shape index (κ2) is 15.8. The van der Waals surface area contributed by atoms with E-state index in [2.05, 4.69) is 27.9 Å². The molecule has 4 aliphatic rings. The molecule has 2 aliphatic carbocycles. The average Bonchev–Trinajstić information content (AvgIpc) is 3.78. The van der Waals surface area contributed by atoms with Gasteiger partial charge in [-0.2, -0.15) is 43.9 Å². The van der Waals surface area contributed by atoms with Crippen LogP contribution in [0, 0.1) is 5.41 Å². The quantitative estimate of drug-likeness (QED) is 0.200. The number of quaternary nitrogens is 2. The van der Waals surface area contributed by atoms with E-state index in [0.29, 0.717) is 0 Å². The molecule has 5 rings (SSSR count). The van der Waals surface area contributed by atoms with Crippen LogP contribution in [-0.2, 0) is 19.7 Å². The highest BCUT2D eigenvalue weighted by molar-refractivity contribution is 8.01. The number of benzene rings is 1. The third kappa shape index (κ3) is 8.88. The van der Waals surface area contributed by atoms with Crippen molar-refractivity contribution in [3.05, 3.63) is 56.9 Å². The minimum absolute atomic E-state index is 0.0223. The fourth-order valence-electron chi connectivity index (χ4n) is 6.81. The summed E-state index contributed by atoms with van der Waals surface area (Å²) in [5, 5.41) is -5.85. The molecule has 0 spiro atoms. The Hall–Kier alpha value is -2.77. The third-order valence-electron chi connectivity index (χ3n) is 9.84. The zero-order valence-electron chi connectivity index (χ0n) is 29.8. The Bertz CT molecular complexity index is 1840. The maximum atomic E-state index is 13.9. The van der Waals surface area contributed by atoms with E-state index in [4.69, 9.17) is 5.41 Å². The number of sulfone groups is 2. The Balaban J connectivity index is 0.000000321. The lowest BCUT2D eigenvalue weighted by molar-refractivity contribution is -0.897. The van der Waals surface area contributed by atoms with Crippen LogP contribution in [-0.4, -0.2) is 108 Å². The van der Waals surface area contributed by atoms with Crippen LogP contribution in [0.3, 0.4) is 0 Å². The number of halogens is 10. The van der Waals surface area contributed by atoms with Gasteiger partial charge >= 0.3 is 22.9 Å². The van der Waals surface area contributed by atoms with Gasteiger partial charge in [0.05, 0.1) is 64.0 Å². The first kappa shape index (κ1) is 44.6. The number of likely N-dealkylation sites (tertiary alicyclic amines) is 2. The number of nitrogens with one attached hydrogen (secondary N) is 1. The topological polar surface area (TPSA) is 92.1 Å². The zero-order valence-corrected chi connectivity index (χ0v) is 31.4. The predicted octanol–water partition coefficient (Wildman–Crippen LogP) is 8.52. The van der Waals surface area contributed by atoms with Crippen molar-refractivity contribution in [2.75, 3.05) is 53.4 Å². The number of allylic oxidation sites excluding steroid dienone is 4. The van der Waals surface area contributed by atoms with Crippen LogP contribution in [0.1, 0.15) is 69.9 Å². The van der Waals surface area contributed by atoms with Crippen molar-refractivity contribution in [3.8, 4) is 0 Å². The summed E-state index contributed by atoms with van der Waals surface area (Å²) in [5.41, 5.74) is -3.48. The number of fused-ring (bicyclic) bond motifs is 3. The van der Waals surface area contributed by atoms with Crippen LogP contribution in [0.25, 0.3) is 11.6 Å². The van der Waals surface area contributed by atoms with E-state index in [1.54, 1.807) is 0 Å². The van der Waals surface area contributed by atoms with Crippen LogP contribution in [0.4, 0.5) is 43.9 Å². The van der Waals surface area contributed by atoms with E-state index in [9.17, 15) is 60.7 Å². The minimum Gasteiger partial charge on any atom is -0.326 e. The molecule has 0 atom stereocenters. The molecule has 0 aromatic heterocycles. The SMILES string of the molecule is CCCC[N+]1(C)CCCC1.CCC[N+]1(C)CCCC1.N=C1C2=Cc3ccccc3C2=CC(S(=O)(=O)C(F)(F)C(F)(F)F)=C1S(=O)(=O)C(F)(F)C(F)(F)F. The maximum Gasteiger partial charge on any atom is 0.469 e. The first-order valence-corrected chi connectivity index (χ1v) is 20.0. The first-order chi connectivity index (χ1) is 24.1. The summed E-state index contributed by atoms with van der Waals surface area (Å²) in [4.78, 5) is -5.57. The lowest BCUT2D eigenvalue weighted by Crippen LogP contribution is -2.48. The normalized spacial score (nSPS) is 20.1. The number of hydrogen-bond acceptors (Lipinski definition) is 5. The van der Waals surface area contributed by atoms with Gasteiger partial charge in [-0.05, 0) is 41.7 Å². The summed E-state index contributed by atoms with van der Waals surface area (Å²) in [6.07, 6.45) is -3.28. The molecule has 0 saturated carbocycles. The first-order valence-electron chi connectivity index (χ1n) is 17.1. The summed E-state index contributed by atoms with van der Waals surface area (Å²) >= 11 is 0. The second-order valence-electron chi connectivity index (χ2n) is 14.2. The van der Waals surface area contributed by atoms with Gasteiger partial charge < -0.3 is 8.97 Å². The molecular weight excluding hydrogens is 769 g/mol. The van der Waals surface area contributed by atoms with E-state index in [1.807, 2.05) is 0 Å². The van der Waals surface area contributed by atoms with Crippen LogP contribution < -0.4 is 0 Å². The fraction of sp³-hybridized carbons (Fsp3) is 0.618. The molecule has 19 heteroatoms. The second-order valence-corrected chi connectivity index (χ2v) is 18.0. The maximum absolute atomic E-state index is 13.9. The number of alkyl halides is 10. The van der Waals surface area contributed by atoms with Crippen molar-refractivity contribution < 1.29 is 69.7 Å². The summed E-state index contributed by atoms with van der Waals surface area (Å²) in [6.45, 7) is 13.1. The van der Waals surface area contributed by atoms with Gasteiger partial charge in [0.2, 0.25) is 0 Å². The minimum atomic E-state index is -7.40. The molecular formula is C34H45F10N3O4S2+2. The lowest BCUT2D eigenvalue weighted by atomic mass is 9.95. The molecule has 0 bridgehead atoms. The highest BCUT2D eigenvalue weighted by Gasteiger charge is 2.72. The van der Waals surface area contributed by atoms with Crippen LogP contribution in [0.2, 0.25) is 0 Å². The molecule has 2 saturated heterocycles. The van der Waals surface area contributed by atoms with Crippen LogP contribution >= 0.6 is 0 Å². The highest BCUT2D eigenvalue weighted by atomic mass is 32.2. The molecule has 1 N–H and O–H groups in total. The fourth-order valence-corrected chi connectivity index (χ4v) is 9.93. The Labute approximate surface area is 303 Å². The molecule has 0 amide bonds. The molecule has 2 fully saturated rings. The predicted molar refractivity (Wildman–Crippen MR) is 182 cm³/mol. The molecule has 53 heavy (non-hydrogen) atoms. The van der Waals surface area contributed by atoms with Gasteiger partial charge in [0.15, 0.2) is 0 Å². The molecule has 7 nitrogen and oxygen atoms in total. The van der Waals surface area contributed by atoms with Gasteiger partial charge in [-0.25, -0.2) is 16.8 Å². The Morgan fingerprint density at radius 1 is 0.642 bits per heavy atom. The summed E-state index contributed by atoms with van der Waals surface area (Å²) < 4.78 is 184. The van der Waals surface area contributed by atoms with E-state index in [1.165, 1.54) is 111 Å². The molecule has 300 valence electrons. The third-order valence-corrected chi connectivity index (χ3v) is 13.6. The Morgan fingerprint density at radius 3 is 1.55 bits per heavy atom. The van der Waals surface area contributed by atoms with Gasteiger partial charge in [0.25, 0.3) is 19.7 Å². The van der Waals surface area contributed by atoms with Crippen molar-refractivity contribution >= 4 is 37.0 Å². The van der Waals surface area contributed by atoms with Gasteiger partial charge in [-0.3, -0.25) is 5.41 Å². The van der Waals surface area contributed by atoms with Crippen molar-refractivity contribution in [1.82, 2.24) is 0 Å².